The SMILES string of the molecule is CC(C)(C)c1cc(Nc2cnn(-c3ncccn3)c2)nc(C(C)(C)C)n1. The Labute approximate surface area is 154 Å². The molecule has 1 N–H and O–H groups in total. The topological polar surface area (TPSA) is 81.4 Å². The zero-order chi connectivity index (χ0) is 18.9. The van der Waals surface area contributed by atoms with Gasteiger partial charge in [-0.15, -0.1) is 0 Å². The van der Waals surface area contributed by atoms with Crippen LogP contribution >= 0.6 is 0 Å². The molecule has 0 atom stereocenters. The Morgan fingerprint density at radius 2 is 1.62 bits per heavy atom. The molecule has 0 spiro atoms. The highest BCUT2D eigenvalue weighted by molar-refractivity contribution is 5.55. The van der Waals surface area contributed by atoms with Crippen LogP contribution in [0.15, 0.2) is 36.9 Å². The van der Waals surface area contributed by atoms with E-state index in [9.17, 15) is 0 Å². The fourth-order valence-electron chi connectivity index (χ4n) is 2.29. The maximum absolute atomic E-state index is 4.78. The molecule has 7 nitrogen and oxygen atoms in total. The second-order valence-corrected chi connectivity index (χ2v) is 8.31. The van der Waals surface area contributed by atoms with Crippen LogP contribution in [0.5, 0.6) is 0 Å². The van der Waals surface area contributed by atoms with Crippen LogP contribution in [-0.4, -0.2) is 29.7 Å². The smallest absolute Gasteiger partial charge is 0.250 e. The fourth-order valence-corrected chi connectivity index (χ4v) is 2.29. The second-order valence-electron chi connectivity index (χ2n) is 8.31. The summed E-state index contributed by atoms with van der Waals surface area (Å²) in [6.07, 6.45) is 6.94. The number of nitrogens with one attached hydrogen (secondary N) is 1. The van der Waals surface area contributed by atoms with Crippen LogP contribution in [0.25, 0.3) is 5.95 Å². The number of nitrogens with zero attached hydrogens (tertiary/aromatic N) is 6. The Balaban J connectivity index is 1.93. The first-order valence-electron chi connectivity index (χ1n) is 8.62. The van der Waals surface area contributed by atoms with Crippen molar-refractivity contribution < 1.29 is 0 Å². The van der Waals surface area contributed by atoms with Gasteiger partial charge in [-0.3, -0.25) is 0 Å². The van der Waals surface area contributed by atoms with Crippen LogP contribution in [0, 0.1) is 0 Å². The highest BCUT2D eigenvalue weighted by Gasteiger charge is 2.23. The molecule has 7 heteroatoms. The molecule has 0 aliphatic rings. The molecule has 0 unspecified atom stereocenters. The summed E-state index contributed by atoms with van der Waals surface area (Å²) in [5.74, 6) is 2.09. The Morgan fingerprint density at radius 1 is 0.923 bits per heavy atom. The van der Waals surface area contributed by atoms with E-state index >= 15 is 0 Å². The first kappa shape index (κ1) is 18.0. The minimum atomic E-state index is -0.139. The van der Waals surface area contributed by atoms with Gasteiger partial charge in [0, 0.05) is 29.3 Å². The predicted octanol–water partition coefficient (Wildman–Crippen LogP) is 3.79. The molecular formula is C19H25N7. The van der Waals surface area contributed by atoms with E-state index in [1.165, 1.54) is 0 Å². The van der Waals surface area contributed by atoms with Crippen molar-refractivity contribution in [1.29, 1.82) is 0 Å². The van der Waals surface area contributed by atoms with Gasteiger partial charge in [-0.1, -0.05) is 41.5 Å². The van der Waals surface area contributed by atoms with Crippen LogP contribution < -0.4 is 5.32 Å². The normalized spacial score (nSPS) is 12.2. The zero-order valence-corrected chi connectivity index (χ0v) is 16.1. The number of anilines is 2. The van der Waals surface area contributed by atoms with Crippen molar-refractivity contribution in [2.45, 2.75) is 52.4 Å². The van der Waals surface area contributed by atoms with E-state index < -0.39 is 0 Å². The molecule has 26 heavy (non-hydrogen) atoms. The van der Waals surface area contributed by atoms with Gasteiger partial charge in [-0.25, -0.2) is 24.6 Å². The average Bonchev–Trinajstić information content (AvgIpc) is 3.02. The lowest BCUT2D eigenvalue weighted by molar-refractivity contribution is 0.514. The van der Waals surface area contributed by atoms with Crippen molar-refractivity contribution in [2.75, 3.05) is 5.32 Å². The van der Waals surface area contributed by atoms with Gasteiger partial charge in [0.2, 0.25) is 5.95 Å². The van der Waals surface area contributed by atoms with Gasteiger partial charge in [-0.05, 0) is 6.07 Å². The average molecular weight is 351 g/mol. The maximum Gasteiger partial charge on any atom is 0.250 e. The summed E-state index contributed by atoms with van der Waals surface area (Å²) in [5, 5.41) is 7.64. The Kier molecular flexibility index (Phi) is 4.48. The summed E-state index contributed by atoms with van der Waals surface area (Å²) in [4.78, 5) is 17.9. The summed E-state index contributed by atoms with van der Waals surface area (Å²) in [6, 6.07) is 3.76. The van der Waals surface area contributed by atoms with Gasteiger partial charge in [0.1, 0.15) is 11.6 Å². The standard InChI is InChI=1S/C19H25N7/c1-18(2,3)14-10-15(25-16(24-14)19(4,5)6)23-13-11-22-26(12-13)17-20-8-7-9-21-17/h7-12H,1-6H3,(H,23,24,25). The van der Waals surface area contributed by atoms with E-state index in [2.05, 4.69) is 61.9 Å². The van der Waals surface area contributed by atoms with Gasteiger partial charge in [0.25, 0.3) is 0 Å². The Morgan fingerprint density at radius 3 is 2.23 bits per heavy atom. The van der Waals surface area contributed by atoms with Crippen LogP contribution in [0.4, 0.5) is 11.5 Å². The van der Waals surface area contributed by atoms with E-state index in [1.807, 2.05) is 12.3 Å². The van der Waals surface area contributed by atoms with E-state index in [0.717, 1.165) is 23.0 Å². The molecule has 0 radical (unpaired) electrons. The molecule has 0 amide bonds. The van der Waals surface area contributed by atoms with Crippen molar-refractivity contribution in [3.8, 4) is 5.95 Å². The van der Waals surface area contributed by atoms with E-state index in [1.54, 1.807) is 29.3 Å². The molecule has 136 valence electrons. The third-order valence-electron chi connectivity index (χ3n) is 3.78. The van der Waals surface area contributed by atoms with E-state index in [-0.39, 0.29) is 10.8 Å². The molecule has 3 rings (SSSR count). The number of hydrogen-bond acceptors (Lipinski definition) is 6. The first-order valence-corrected chi connectivity index (χ1v) is 8.62. The zero-order valence-electron chi connectivity index (χ0n) is 16.1. The quantitative estimate of drug-likeness (QED) is 0.773. The monoisotopic (exact) mass is 351 g/mol. The van der Waals surface area contributed by atoms with Crippen LogP contribution in [-0.2, 0) is 10.8 Å². The number of aromatic nitrogens is 6. The molecule has 0 saturated carbocycles. The lowest BCUT2D eigenvalue weighted by Crippen LogP contribution is -2.22. The van der Waals surface area contributed by atoms with Gasteiger partial charge < -0.3 is 5.32 Å². The summed E-state index contributed by atoms with van der Waals surface area (Å²) in [7, 11) is 0. The molecular weight excluding hydrogens is 326 g/mol. The summed E-state index contributed by atoms with van der Waals surface area (Å²) >= 11 is 0. The molecule has 0 aliphatic carbocycles. The minimum Gasteiger partial charge on any atom is -0.338 e. The van der Waals surface area contributed by atoms with Crippen molar-refractivity contribution in [3.63, 3.8) is 0 Å². The summed E-state index contributed by atoms with van der Waals surface area (Å²) in [5.41, 5.74) is 1.61. The summed E-state index contributed by atoms with van der Waals surface area (Å²) < 4.78 is 1.62. The molecule has 0 aliphatic heterocycles. The third kappa shape index (κ3) is 4.04. The van der Waals surface area contributed by atoms with Crippen LogP contribution in [0.2, 0.25) is 0 Å². The lowest BCUT2D eigenvalue weighted by atomic mass is 9.90. The number of hydrogen-bond donors (Lipinski definition) is 1. The highest BCUT2D eigenvalue weighted by atomic mass is 15.3. The largest absolute Gasteiger partial charge is 0.338 e. The van der Waals surface area contributed by atoms with Gasteiger partial charge >= 0.3 is 0 Å². The van der Waals surface area contributed by atoms with Crippen LogP contribution in [0.1, 0.15) is 53.1 Å². The Hall–Kier alpha value is -2.83. The van der Waals surface area contributed by atoms with E-state index in [0.29, 0.717) is 5.95 Å². The molecule has 0 fully saturated rings. The number of rotatable bonds is 3. The van der Waals surface area contributed by atoms with Gasteiger partial charge in [0.15, 0.2) is 0 Å². The van der Waals surface area contributed by atoms with Gasteiger partial charge in [-0.2, -0.15) is 5.10 Å². The highest BCUT2D eigenvalue weighted by Crippen LogP contribution is 2.27. The van der Waals surface area contributed by atoms with Crippen molar-refractivity contribution in [2.24, 2.45) is 0 Å². The molecule has 3 heterocycles. The third-order valence-corrected chi connectivity index (χ3v) is 3.78. The predicted molar refractivity (Wildman–Crippen MR) is 102 cm³/mol. The molecule has 3 aromatic heterocycles. The maximum atomic E-state index is 4.78. The second kappa shape index (κ2) is 6.48. The van der Waals surface area contributed by atoms with Crippen molar-refractivity contribution in [1.82, 2.24) is 29.7 Å². The van der Waals surface area contributed by atoms with Gasteiger partial charge in [0.05, 0.1) is 23.8 Å². The van der Waals surface area contributed by atoms with E-state index in [4.69, 9.17) is 9.97 Å². The lowest BCUT2D eigenvalue weighted by Gasteiger charge is -2.23. The van der Waals surface area contributed by atoms with Crippen LogP contribution in [0.3, 0.4) is 0 Å². The Bertz CT molecular complexity index is 854. The molecule has 0 aromatic carbocycles. The first-order chi connectivity index (χ1) is 12.1. The molecule has 3 aromatic rings. The molecule has 0 saturated heterocycles. The van der Waals surface area contributed by atoms with Crippen molar-refractivity contribution in [3.05, 3.63) is 48.4 Å². The minimum absolute atomic E-state index is 0.0680. The molecule has 0 bridgehead atoms. The van der Waals surface area contributed by atoms with Crippen molar-refractivity contribution >= 4 is 11.5 Å². The fraction of sp³-hybridized carbons (Fsp3) is 0.421. The summed E-state index contributed by atoms with van der Waals surface area (Å²) in [6.45, 7) is 12.8.